The summed E-state index contributed by atoms with van der Waals surface area (Å²) in [5, 5.41) is 10.5. The first-order valence-electron chi connectivity index (χ1n) is 6.57. The van der Waals surface area contributed by atoms with Crippen LogP contribution in [0.3, 0.4) is 0 Å². The highest BCUT2D eigenvalue weighted by molar-refractivity contribution is 8.00. The lowest BCUT2D eigenvalue weighted by molar-refractivity contribution is -0.120. The van der Waals surface area contributed by atoms with E-state index in [1.807, 2.05) is 13.8 Å². The molecule has 1 aromatic heterocycles. The Morgan fingerprint density at radius 1 is 1.56 bits per heavy atom. The van der Waals surface area contributed by atoms with Crippen LogP contribution in [0.5, 0.6) is 0 Å². The van der Waals surface area contributed by atoms with Gasteiger partial charge >= 0.3 is 0 Å². The lowest BCUT2D eigenvalue weighted by atomic mass is 10.1. The lowest BCUT2D eigenvalue weighted by Crippen LogP contribution is -2.30. The number of aromatic nitrogens is 3. The summed E-state index contributed by atoms with van der Waals surface area (Å²) in [5.74, 6) is 1.56. The zero-order valence-corrected chi connectivity index (χ0v) is 11.7. The van der Waals surface area contributed by atoms with Gasteiger partial charge in [0.25, 0.3) is 0 Å². The number of carbonyl (C=O) groups excluding carboxylic acids is 1. The van der Waals surface area contributed by atoms with Crippen molar-refractivity contribution in [3.05, 3.63) is 5.82 Å². The van der Waals surface area contributed by atoms with Crippen molar-refractivity contribution in [3.63, 3.8) is 0 Å². The minimum atomic E-state index is -0.155. The second-order valence-electron chi connectivity index (χ2n) is 4.64. The topological polar surface area (TPSA) is 70.7 Å². The minimum Gasteiger partial charge on any atom is -0.355 e. The summed E-state index contributed by atoms with van der Waals surface area (Å²) in [5.41, 5.74) is 0. The van der Waals surface area contributed by atoms with Crippen LogP contribution in [0.4, 0.5) is 0 Å². The van der Waals surface area contributed by atoms with Gasteiger partial charge < -0.3 is 5.32 Å². The van der Waals surface area contributed by atoms with Crippen LogP contribution in [-0.2, 0) is 4.79 Å². The highest BCUT2D eigenvalue weighted by atomic mass is 32.2. The van der Waals surface area contributed by atoms with Gasteiger partial charge in [-0.1, -0.05) is 24.6 Å². The van der Waals surface area contributed by atoms with E-state index in [0.29, 0.717) is 17.6 Å². The molecule has 1 aromatic rings. The molecule has 1 fully saturated rings. The van der Waals surface area contributed by atoms with Gasteiger partial charge in [0.1, 0.15) is 5.82 Å². The Kier molecular flexibility index (Phi) is 4.63. The van der Waals surface area contributed by atoms with Gasteiger partial charge in [-0.05, 0) is 26.7 Å². The van der Waals surface area contributed by atoms with E-state index >= 15 is 0 Å². The summed E-state index contributed by atoms with van der Waals surface area (Å²) >= 11 is 1.41. The molecule has 1 aliphatic rings. The first kappa shape index (κ1) is 13.4. The standard InChI is InChI=1S/C12H20N4OS/c1-3-13-11(17)8(2)18-12-14-10(15-16-12)9-6-4-5-7-9/h8-9H,3-7H2,1-2H3,(H,13,17)(H,14,15,16). The smallest absolute Gasteiger partial charge is 0.233 e. The van der Waals surface area contributed by atoms with Crippen molar-refractivity contribution < 1.29 is 4.79 Å². The van der Waals surface area contributed by atoms with Crippen molar-refractivity contribution in [1.82, 2.24) is 20.5 Å². The van der Waals surface area contributed by atoms with Gasteiger partial charge in [0, 0.05) is 12.5 Å². The normalized spacial score (nSPS) is 17.9. The number of nitrogens with zero attached hydrogens (tertiary/aromatic N) is 2. The molecule has 1 aliphatic carbocycles. The number of aromatic amines is 1. The number of H-pyrrole nitrogens is 1. The summed E-state index contributed by atoms with van der Waals surface area (Å²) in [7, 11) is 0. The second kappa shape index (κ2) is 6.22. The fraction of sp³-hybridized carbons (Fsp3) is 0.750. The highest BCUT2D eigenvalue weighted by Crippen LogP contribution is 2.32. The summed E-state index contributed by atoms with van der Waals surface area (Å²) in [6.45, 7) is 4.45. The van der Waals surface area contributed by atoms with E-state index in [1.54, 1.807) is 0 Å². The summed E-state index contributed by atoms with van der Waals surface area (Å²) in [4.78, 5) is 16.1. The molecule has 1 atom stereocenters. The van der Waals surface area contributed by atoms with Crippen LogP contribution in [0.2, 0.25) is 0 Å². The first-order valence-corrected chi connectivity index (χ1v) is 7.45. The number of carbonyl (C=O) groups is 1. The number of hydrogen-bond donors (Lipinski definition) is 2. The minimum absolute atomic E-state index is 0.0368. The number of amides is 1. The Hall–Kier alpha value is -1.04. The zero-order chi connectivity index (χ0) is 13.0. The van der Waals surface area contributed by atoms with Gasteiger partial charge in [-0.2, -0.15) is 0 Å². The van der Waals surface area contributed by atoms with Gasteiger partial charge in [0.2, 0.25) is 11.1 Å². The third-order valence-electron chi connectivity index (χ3n) is 3.23. The van der Waals surface area contributed by atoms with Gasteiger partial charge in [0.05, 0.1) is 5.25 Å². The molecule has 1 unspecified atom stereocenters. The van der Waals surface area contributed by atoms with E-state index < -0.39 is 0 Å². The van der Waals surface area contributed by atoms with Crippen molar-refractivity contribution in [3.8, 4) is 0 Å². The van der Waals surface area contributed by atoms with Crippen LogP contribution < -0.4 is 5.32 Å². The number of hydrogen-bond acceptors (Lipinski definition) is 4. The SMILES string of the molecule is CCNC(=O)C(C)Sc1n[nH]c(C2CCCC2)n1. The summed E-state index contributed by atoms with van der Waals surface area (Å²) in [6, 6.07) is 0. The second-order valence-corrected chi connectivity index (χ2v) is 5.95. The van der Waals surface area contributed by atoms with Crippen molar-refractivity contribution in [2.24, 2.45) is 0 Å². The van der Waals surface area contributed by atoms with Crippen molar-refractivity contribution >= 4 is 17.7 Å². The van der Waals surface area contributed by atoms with Crippen LogP contribution >= 0.6 is 11.8 Å². The van der Waals surface area contributed by atoms with Crippen LogP contribution in [0.1, 0.15) is 51.3 Å². The van der Waals surface area contributed by atoms with E-state index in [4.69, 9.17) is 0 Å². The Morgan fingerprint density at radius 2 is 2.28 bits per heavy atom. The molecule has 1 amide bonds. The van der Waals surface area contributed by atoms with Gasteiger partial charge in [-0.25, -0.2) is 4.98 Å². The molecule has 0 saturated heterocycles. The average molecular weight is 268 g/mol. The van der Waals surface area contributed by atoms with E-state index in [1.165, 1.54) is 37.4 Å². The molecule has 0 aromatic carbocycles. The van der Waals surface area contributed by atoms with Crippen LogP contribution in [0, 0.1) is 0 Å². The Balaban J connectivity index is 1.91. The average Bonchev–Trinajstić information content (AvgIpc) is 2.98. The maximum atomic E-state index is 11.6. The quantitative estimate of drug-likeness (QED) is 0.802. The van der Waals surface area contributed by atoms with Crippen molar-refractivity contribution in [1.29, 1.82) is 0 Å². The molecule has 0 aliphatic heterocycles. The molecule has 100 valence electrons. The molecule has 1 heterocycles. The fourth-order valence-corrected chi connectivity index (χ4v) is 2.98. The number of thioether (sulfide) groups is 1. The zero-order valence-electron chi connectivity index (χ0n) is 10.9. The number of nitrogens with one attached hydrogen (secondary N) is 2. The highest BCUT2D eigenvalue weighted by Gasteiger charge is 2.22. The predicted octanol–water partition coefficient (Wildman–Crippen LogP) is 2.08. The Bertz CT molecular complexity index is 401. The summed E-state index contributed by atoms with van der Waals surface area (Å²) in [6.07, 6.45) is 4.96. The fourth-order valence-electron chi connectivity index (χ4n) is 2.22. The van der Waals surface area contributed by atoms with Gasteiger partial charge in [-0.3, -0.25) is 9.89 Å². The molecule has 6 heteroatoms. The maximum Gasteiger partial charge on any atom is 0.233 e. The molecule has 0 bridgehead atoms. The summed E-state index contributed by atoms with van der Waals surface area (Å²) < 4.78 is 0. The molecular formula is C12H20N4OS. The Morgan fingerprint density at radius 3 is 2.94 bits per heavy atom. The van der Waals surface area contributed by atoms with E-state index in [9.17, 15) is 4.79 Å². The molecular weight excluding hydrogens is 248 g/mol. The van der Waals surface area contributed by atoms with E-state index in [2.05, 4.69) is 20.5 Å². The molecule has 2 rings (SSSR count). The third-order valence-corrected chi connectivity index (χ3v) is 4.19. The molecule has 0 radical (unpaired) electrons. The van der Waals surface area contributed by atoms with Crippen molar-refractivity contribution in [2.75, 3.05) is 6.54 Å². The molecule has 2 N–H and O–H groups in total. The van der Waals surface area contributed by atoms with E-state index in [-0.39, 0.29) is 11.2 Å². The number of rotatable bonds is 5. The van der Waals surface area contributed by atoms with Crippen LogP contribution in [0.15, 0.2) is 5.16 Å². The largest absolute Gasteiger partial charge is 0.355 e. The molecule has 0 spiro atoms. The molecule has 5 nitrogen and oxygen atoms in total. The third kappa shape index (κ3) is 3.25. The molecule has 1 saturated carbocycles. The monoisotopic (exact) mass is 268 g/mol. The van der Waals surface area contributed by atoms with E-state index in [0.717, 1.165) is 5.82 Å². The predicted molar refractivity (Wildman–Crippen MR) is 71.6 cm³/mol. The lowest BCUT2D eigenvalue weighted by Gasteiger charge is -2.07. The first-order chi connectivity index (χ1) is 8.70. The molecule has 18 heavy (non-hydrogen) atoms. The van der Waals surface area contributed by atoms with Crippen LogP contribution in [0.25, 0.3) is 0 Å². The van der Waals surface area contributed by atoms with Crippen LogP contribution in [-0.4, -0.2) is 32.9 Å². The Labute approximate surface area is 112 Å². The maximum absolute atomic E-state index is 11.6. The van der Waals surface area contributed by atoms with Gasteiger partial charge in [-0.15, -0.1) is 5.10 Å². The van der Waals surface area contributed by atoms with Gasteiger partial charge in [0.15, 0.2) is 0 Å². The van der Waals surface area contributed by atoms with Crippen molar-refractivity contribution in [2.45, 2.75) is 55.9 Å².